The highest BCUT2D eigenvalue weighted by molar-refractivity contribution is 6.36. The summed E-state index contributed by atoms with van der Waals surface area (Å²) < 4.78 is 12.7. The molecule has 2 aromatic rings. The molecule has 0 saturated heterocycles. The minimum Gasteiger partial charge on any atom is -0.255 e. The van der Waals surface area contributed by atoms with Crippen molar-refractivity contribution in [3.8, 4) is 0 Å². The number of aliphatic imine (C=N–C) groups is 1. The summed E-state index contributed by atoms with van der Waals surface area (Å²) in [5.74, 6) is -0.272. The minimum atomic E-state index is -0.272. The molecule has 0 atom stereocenters. The molecule has 0 spiro atoms. The van der Waals surface area contributed by atoms with Crippen LogP contribution in [0.15, 0.2) is 47.5 Å². The van der Waals surface area contributed by atoms with E-state index in [-0.39, 0.29) is 5.82 Å². The Kier molecular flexibility index (Phi) is 3.77. The Morgan fingerprint density at radius 1 is 1.00 bits per heavy atom. The fraction of sp³-hybridized carbons (Fsp3) is 0. The molecule has 86 valence electrons. The van der Waals surface area contributed by atoms with E-state index in [0.29, 0.717) is 15.7 Å². The van der Waals surface area contributed by atoms with Gasteiger partial charge >= 0.3 is 0 Å². The highest BCUT2D eigenvalue weighted by Crippen LogP contribution is 2.27. The quantitative estimate of drug-likeness (QED) is 0.688. The maximum Gasteiger partial charge on any atom is 0.123 e. The molecule has 0 radical (unpaired) electrons. The number of benzene rings is 2. The van der Waals surface area contributed by atoms with Crippen molar-refractivity contribution in [2.45, 2.75) is 0 Å². The zero-order valence-electron chi connectivity index (χ0n) is 8.70. The Balaban J connectivity index is 2.23. The van der Waals surface area contributed by atoms with Crippen LogP contribution in [0.4, 0.5) is 10.1 Å². The van der Waals surface area contributed by atoms with Crippen LogP contribution in [0.1, 0.15) is 5.56 Å². The first-order chi connectivity index (χ1) is 8.15. The molecule has 0 saturated carbocycles. The Hall–Kier alpha value is -1.38. The summed E-state index contributed by atoms with van der Waals surface area (Å²) in [6, 6.07) is 11.1. The first-order valence-electron chi connectivity index (χ1n) is 4.90. The van der Waals surface area contributed by atoms with Gasteiger partial charge in [-0.25, -0.2) is 4.39 Å². The van der Waals surface area contributed by atoms with E-state index >= 15 is 0 Å². The van der Waals surface area contributed by atoms with E-state index < -0.39 is 0 Å². The van der Waals surface area contributed by atoms with Gasteiger partial charge in [0, 0.05) is 11.2 Å². The fourth-order valence-electron chi connectivity index (χ4n) is 1.28. The largest absolute Gasteiger partial charge is 0.255 e. The topological polar surface area (TPSA) is 12.4 Å². The molecule has 0 fully saturated rings. The highest BCUT2D eigenvalue weighted by Gasteiger charge is 1.98. The van der Waals surface area contributed by atoms with Crippen LogP contribution in [0.2, 0.25) is 10.0 Å². The predicted octanol–water partition coefficient (Wildman–Crippen LogP) is 4.88. The van der Waals surface area contributed by atoms with Crippen LogP contribution >= 0.6 is 23.2 Å². The summed E-state index contributed by atoms with van der Waals surface area (Å²) >= 11 is 11.7. The molecule has 0 amide bonds. The monoisotopic (exact) mass is 267 g/mol. The molecule has 2 rings (SSSR count). The van der Waals surface area contributed by atoms with Crippen LogP contribution < -0.4 is 0 Å². The molecular weight excluding hydrogens is 260 g/mol. The SMILES string of the molecule is Fc1ccc(C=Nc2ccc(Cl)cc2Cl)cc1. The van der Waals surface area contributed by atoms with Crippen LogP contribution in [0.25, 0.3) is 0 Å². The second-order valence-corrected chi connectivity index (χ2v) is 4.25. The van der Waals surface area contributed by atoms with E-state index in [9.17, 15) is 4.39 Å². The molecule has 0 heterocycles. The second kappa shape index (κ2) is 5.30. The van der Waals surface area contributed by atoms with Crippen molar-refractivity contribution in [1.82, 2.24) is 0 Å². The van der Waals surface area contributed by atoms with Crippen molar-refractivity contribution < 1.29 is 4.39 Å². The summed E-state index contributed by atoms with van der Waals surface area (Å²) in [7, 11) is 0. The molecule has 1 nitrogen and oxygen atoms in total. The average Bonchev–Trinajstić information content (AvgIpc) is 2.30. The summed E-state index contributed by atoms with van der Waals surface area (Å²) in [6.07, 6.45) is 1.62. The van der Waals surface area contributed by atoms with Crippen LogP contribution in [0.3, 0.4) is 0 Å². The van der Waals surface area contributed by atoms with Crippen molar-refractivity contribution in [2.24, 2.45) is 4.99 Å². The van der Waals surface area contributed by atoms with Gasteiger partial charge in [0.1, 0.15) is 5.82 Å². The average molecular weight is 268 g/mol. The van der Waals surface area contributed by atoms with Gasteiger partial charge in [0.05, 0.1) is 10.7 Å². The standard InChI is InChI=1S/C13H8Cl2FN/c14-10-3-6-13(12(15)7-10)17-8-9-1-4-11(16)5-2-9/h1-8H. The van der Waals surface area contributed by atoms with Gasteiger partial charge in [0.2, 0.25) is 0 Å². The van der Waals surface area contributed by atoms with Crippen LogP contribution in [0, 0.1) is 5.82 Å². The normalized spacial score (nSPS) is 11.0. The first kappa shape index (κ1) is 12.1. The Bertz CT molecular complexity index is 550. The Morgan fingerprint density at radius 3 is 2.35 bits per heavy atom. The zero-order chi connectivity index (χ0) is 12.3. The van der Waals surface area contributed by atoms with Crippen molar-refractivity contribution in [1.29, 1.82) is 0 Å². The molecule has 0 N–H and O–H groups in total. The minimum absolute atomic E-state index is 0.272. The van der Waals surface area contributed by atoms with Gasteiger partial charge in [0.25, 0.3) is 0 Å². The van der Waals surface area contributed by atoms with E-state index in [1.54, 1.807) is 36.5 Å². The summed E-state index contributed by atoms with van der Waals surface area (Å²) in [5, 5.41) is 1.05. The predicted molar refractivity (Wildman–Crippen MR) is 70.1 cm³/mol. The van der Waals surface area contributed by atoms with E-state index in [4.69, 9.17) is 23.2 Å². The molecule has 4 heteroatoms. The second-order valence-electron chi connectivity index (χ2n) is 3.41. The molecular formula is C13H8Cl2FN. The zero-order valence-corrected chi connectivity index (χ0v) is 10.2. The maximum atomic E-state index is 12.7. The number of rotatable bonds is 2. The lowest BCUT2D eigenvalue weighted by molar-refractivity contribution is 0.628. The third-order valence-corrected chi connectivity index (χ3v) is 2.67. The molecule has 0 bridgehead atoms. The lowest BCUT2D eigenvalue weighted by atomic mass is 10.2. The van der Waals surface area contributed by atoms with Gasteiger partial charge in [0.15, 0.2) is 0 Å². The molecule has 0 aliphatic carbocycles. The smallest absolute Gasteiger partial charge is 0.123 e. The number of hydrogen-bond acceptors (Lipinski definition) is 1. The summed E-state index contributed by atoms with van der Waals surface area (Å²) in [5.41, 5.74) is 1.43. The van der Waals surface area contributed by atoms with Gasteiger partial charge in [-0.05, 0) is 35.9 Å². The van der Waals surface area contributed by atoms with Crippen molar-refractivity contribution >= 4 is 35.1 Å². The van der Waals surface area contributed by atoms with Gasteiger partial charge in [-0.3, -0.25) is 4.99 Å². The molecule has 0 unspecified atom stereocenters. The van der Waals surface area contributed by atoms with Crippen molar-refractivity contribution in [3.05, 3.63) is 63.9 Å². The van der Waals surface area contributed by atoms with Crippen molar-refractivity contribution in [2.75, 3.05) is 0 Å². The molecule has 0 aliphatic rings. The van der Waals surface area contributed by atoms with E-state index in [1.165, 1.54) is 12.1 Å². The van der Waals surface area contributed by atoms with Crippen LogP contribution in [0.5, 0.6) is 0 Å². The fourth-order valence-corrected chi connectivity index (χ4v) is 1.74. The van der Waals surface area contributed by atoms with Gasteiger partial charge in [-0.2, -0.15) is 0 Å². The molecule has 2 aromatic carbocycles. The molecule has 17 heavy (non-hydrogen) atoms. The third kappa shape index (κ3) is 3.29. The van der Waals surface area contributed by atoms with Crippen molar-refractivity contribution in [3.63, 3.8) is 0 Å². The third-order valence-electron chi connectivity index (χ3n) is 2.13. The highest BCUT2D eigenvalue weighted by atomic mass is 35.5. The molecule has 0 aliphatic heterocycles. The first-order valence-corrected chi connectivity index (χ1v) is 5.65. The number of nitrogens with zero attached hydrogens (tertiary/aromatic N) is 1. The van der Waals surface area contributed by atoms with E-state index in [1.807, 2.05) is 0 Å². The lowest BCUT2D eigenvalue weighted by Gasteiger charge is -1.98. The summed E-state index contributed by atoms with van der Waals surface area (Å²) in [4.78, 5) is 4.21. The van der Waals surface area contributed by atoms with E-state index in [2.05, 4.69) is 4.99 Å². The maximum absolute atomic E-state index is 12.7. The van der Waals surface area contributed by atoms with E-state index in [0.717, 1.165) is 5.56 Å². The van der Waals surface area contributed by atoms with Gasteiger partial charge in [-0.15, -0.1) is 0 Å². The Labute approximate surface area is 109 Å². The number of halogens is 3. The number of hydrogen-bond donors (Lipinski definition) is 0. The van der Waals surface area contributed by atoms with Gasteiger partial charge < -0.3 is 0 Å². The molecule has 0 aromatic heterocycles. The summed E-state index contributed by atoms with van der Waals surface area (Å²) in [6.45, 7) is 0. The van der Waals surface area contributed by atoms with Gasteiger partial charge in [-0.1, -0.05) is 35.3 Å². The lowest BCUT2D eigenvalue weighted by Crippen LogP contribution is -1.81. The van der Waals surface area contributed by atoms with Crippen LogP contribution in [-0.2, 0) is 0 Å². The van der Waals surface area contributed by atoms with Crippen LogP contribution in [-0.4, -0.2) is 6.21 Å². The Morgan fingerprint density at radius 2 is 1.71 bits per heavy atom.